The molecule has 10 atom stereocenters. The van der Waals surface area contributed by atoms with Gasteiger partial charge in [0.2, 0.25) is 0 Å². The molecule has 250 valence electrons. The number of fused-ring (bicyclic) bond motifs is 5. The summed E-state index contributed by atoms with van der Waals surface area (Å²) < 4.78 is 5.96. The van der Waals surface area contributed by atoms with E-state index in [0.717, 1.165) is 38.5 Å². The van der Waals surface area contributed by atoms with Gasteiger partial charge in [-0.1, -0.05) is 26.0 Å². The third-order valence-corrected chi connectivity index (χ3v) is 11.9. The van der Waals surface area contributed by atoms with Crippen LogP contribution in [-0.4, -0.2) is 51.1 Å². The van der Waals surface area contributed by atoms with E-state index in [2.05, 4.69) is 31.3 Å². The summed E-state index contributed by atoms with van der Waals surface area (Å²) in [6.45, 7) is 4.60. The van der Waals surface area contributed by atoms with Crippen molar-refractivity contribution in [2.45, 2.75) is 96.6 Å². The average Bonchev–Trinajstić information content (AvgIpc) is 3.46. The van der Waals surface area contributed by atoms with Crippen LogP contribution in [-0.2, 0) is 19.1 Å². The lowest BCUT2D eigenvalue weighted by molar-refractivity contribution is -0.384. The van der Waals surface area contributed by atoms with E-state index < -0.39 is 34.8 Å². The highest BCUT2D eigenvalue weighted by molar-refractivity contribution is 5.97. The molecule has 0 saturated heterocycles. The van der Waals surface area contributed by atoms with Gasteiger partial charge in [-0.2, -0.15) is 0 Å². The number of nitro benzene ring substituents is 1. The molecule has 0 radical (unpaired) electrons. The molecule has 0 aliphatic heterocycles. The summed E-state index contributed by atoms with van der Waals surface area (Å²) in [6, 6.07) is 3.82. The van der Waals surface area contributed by atoms with Crippen molar-refractivity contribution >= 4 is 29.5 Å². The lowest BCUT2D eigenvalue weighted by atomic mass is 9.48. The number of non-ortho nitro benzene ring substituents is 1. The quantitative estimate of drug-likeness (QED) is 0.107. The Morgan fingerprint density at radius 2 is 1.65 bits per heavy atom. The molecule has 1 aromatic rings. The number of benzene rings is 1. The summed E-state index contributed by atoms with van der Waals surface area (Å²) >= 11 is 0. The number of nitro groups is 1. The smallest absolute Gasteiger partial charge is 0.328 e. The number of allylic oxidation sites excluding steroid dienone is 2. The number of carboxylic acid groups (broad SMARTS) is 2. The Bertz CT molecular complexity index is 1360. The Kier molecular flexibility index (Phi) is 10.2. The molecule has 2 unspecified atom stereocenters. The van der Waals surface area contributed by atoms with E-state index in [4.69, 9.17) is 4.74 Å². The minimum absolute atomic E-state index is 0.0904. The molecule has 3 N–H and O–H groups in total. The third-order valence-electron chi connectivity index (χ3n) is 11.9. The van der Waals surface area contributed by atoms with E-state index in [1.165, 1.54) is 30.7 Å². The predicted octanol–water partition coefficient (Wildman–Crippen LogP) is 6.02. The second-order valence-corrected chi connectivity index (χ2v) is 14.3. The number of ether oxygens (including phenoxy) is 1. The first-order valence-corrected chi connectivity index (χ1v) is 16.7. The van der Waals surface area contributed by atoms with Crippen molar-refractivity contribution in [1.82, 2.24) is 5.32 Å². The molecule has 3 fully saturated rings. The second kappa shape index (κ2) is 13.9. The van der Waals surface area contributed by atoms with Gasteiger partial charge in [0.05, 0.1) is 4.92 Å². The summed E-state index contributed by atoms with van der Waals surface area (Å²) in [5.41, 5.74) is 0.0397. The van der Waals surface area contributed by atoms with Crippen LogP contribution >= 0.6 is 0 Å². The number of hydrogen-bond donors (Lipinski definition) is 3. The molecular formula is C35H46N2O9. The molecule has 4 aliphatic rings. The van der Waals surface area contributed by atoms with Gasteiger partial charge in [0.1, 0.15) is 12.1 Å². The van der Waals surface area contributed by atoms with Crippen LogP contribution in [0.1, 0.15) is 94.8 Å². The van der Waals surface area contributed by atoms with Crippen molar-refractivity contribution in [3.8, 4) is 0 Å². The molecule has 0 spiro atoms. The van der Waals surface area contributed by atoms with Crippen LogP contribution in [0.2, 0.25) is 0 Å². The van der Waals surface area contributed by atoms with E-state index >= 15 is 0 Å². The van der Waals surface area contributed by atoms with Gasteiger partial charge in [0.25, 0.3) is 11.6 Å². The number of carboxylic acids is 2. The number of esters is 1. The van der Waals surface area contributed by atoms with E-state index in [9.17, 15) is 39.5 Å². The largest absolute Gasteiger partial charge is 0.481 e. The molecule has 1 aromatic carbocycles. The normalized spacial score (nSPS) is 32.6. The van der Waals surface area contributed by atoms with E-state index in [0.29, 0.717) is 47.8 Å². The van der Waals surface area contributed by atoms with Crippen LogP contribution < -0.4 is 5.32 Å². The lowest BCUT2D eigenvalue weighted by Gasteiger charge is -2.57. The van der Waals surface area contributed by atoms with Crippen LogP contribution in [0.5, 0.6) is 0 Å². The summed E-state index contributed by atoms with van der Waals surface area (Å²) in [5.74, 6) is 0.414. The first kappa shape index (κ1) is 33.6. The Labute approximate surface area is 269 Å². The van der Waals surface area contributed by atoms with Crippen molar-refractivity contribution in [1.29, 1.82) is 0 Å². The van der Waals surface area contributed by atoms with Crippen LogP contribution in [0.15, 0.2) is 36.4 Å². The van der Waals surface area contributed by atoms with Crippen LogP contribution in [0, 0.1) is 57.0 Å². The number of amides is 1. The molecule has 11 heteroatoms. The molecule has 46 heavy (non-hydrogen) atoms. The molecule has 5 rings (SSSR count). The molecule has 0 bridgehead atoms. The fourth-order valence-corrected chi connectivity index (χ4v) is 9.37. The van der Waals surface area contributed by atoms with Gasteiger partial charge in [0.15, 0.2) is 0 Å². The standard InChI is InChI=1S/C35H46N2O9/c1-20(3-15-31(38)39)25-10-11-27-26(25)12-13-29-28(27)9-6-22-19-24(17-18-35(22,29)2)46-34(43)30(14-16-32(40)41)36-33(42)21-4-7-23(8-5-21)37(44)45/h4-5,7-8,12-13,20,22,24-30H,3,6,9-11,14-19H2,1-2H3,(H,36,42)(H,38,39)(H,40,41)/t20-,22-,24-,25?,26?,27-,28+,29+,30+,35+/m1/s1. The zero-order valence-corrected chi connectivity index (χ0v) is 26.6. The summed E-state index contributed by atoms with van der Waals surface area (Å²) in [4.78, 5) is 59.0. The van der Waals surface area contributed by atoms with E-state index in [1.54, 1.807) is 0 Å². The molecule has 4 aliphatic carbocycles. The predicted molar refractivity (Wildman–Crippen MR) is 168 cm³/mol. The monoisotopic (exact) mass is 638 g/mol. The topological polar surface area (TPSA) is 173 Å². The molecule has 1 amide bonds. The molecule has 0 aromatic heterocycles. The van der Waals surface area contributed by atoms with Crippen molar-refractivity contribution < 1.29 is 39.1 Å². The minimum atomic E-state index is -1.16. The summed E-state index contributed by atoms with van der Waals surface area (Å²) in [5, 5.41) is 31.9. The fourth-order valence-electron chi connectivity index (χ4n) is 9.37. The van der Waals surface area contributed by atoms with E-state index in [1.807, 2.05) is 0 Å². The number of nitrogens with one attached hydrogen (secondary N) is 1. The molecule has 3 saturated carbocycles. The van der Waals surface area contributed by atoms with Crippen molar-refractivity contribution in [2.24, 2.45) is 46.8 Å². The van der Waals surface area contributed by atoms with Gasteiger partial charge in [0, 0.05) is 30.5 Å². The summed E-state index contributed by atoms with van der Waals surface area (Å²) in [6.07, 6.45) is 11.9. The first-order chi connectivity index (χ1) is 21.9. The minimum Gasteiger partial charge on any atom is -0.481 e. The number of aliphatic carboxylic acids is 2. The maximum Gasteiger partial charge on any atom is 0.328 e. The highest BCUT2D eigenvalue weighted by atomic mass is 16.6. The van der Waals surface area contributed by atoms with Gasteiger partial charge in [-0.05, 0) is 117 Å². The third kappa shape index (κ3) is 7.13. The number of rotatable bonds is 12. The fraction of sp³-hybridized carbons (Fsp3) is 0.657. The number of carbonyl (C=O) groups is 4. The second-order valence-electron chi connectivity index (χ2n) is 14.3. The maximum absolute atomic E-state index is 13.3. The van der Waals surface area contributed by atoms with Gasteiger partial charge in [-0.25, -0.2) is 4.79 Å². The van der Waals surface area contributed by atoms with Gasteiger partial charge in [-0.15, -0.1) is 0 Å². The molecular weight excluding hydrogens is 592 g/mol. The van der Waals surface area contributed by atoms with Crippen LogP contribution in [0.4, 0.5) is 5.69 Å². The SMILES string of the molecule is C[C@H](CCC(=O)O)C1CC[C@@H]2C1C=C[C@H]1[C@H]2CC[C@@H]2C[C@H](OC(=O)[C@H](CCC(=O)O)NC(=O)c3ccc([N+](=O)[O-])cc3)CC[C@@]21C. The van der Waals surface area contributed by atoms with Crippen molar-refractivity contribution in [3.05, 3.63) is 52.1 Å². The zero-order chi connectivity index (χ0) is 33.2. The van der Waals surface area contributed by atoms with Crippen molar-refractivity contribution in [2.75, 3.05) is 0 Å². The zero-order valence-electron chi connectivity index (χ0n) is 26.6. The van der Waals surface area contributed by atoms with Gasteiger partial charge >= 0.3 is 17.9 Å². The van der Waals surface area contributed by atoms with E-state index in [-0.39, 0.29) is 42.0 Å². The van der Waals surface area contributed by atoms with Crippen molar-refractivity contribution in [3.63, 3.8) is 0 Å². The Balaban J connectivity index is 1.21. The lowest BCUT2D eigenvalue weighted by Crippen LogP contribution is -2.51. The maximum atomic E-state index is 13.3. The van der Waals surface area contributed by atoms with Gasteiger partial charge in [-0.3, -0.25) is 24.5 Å². The van der Waals surface area contributed by atoms with Crippen LogP contribution in [0.25, 0.3) is 0 Å². The first-order valence-electron chi connectivity index (χ1n) is 16.7. The number of carbonyl (C=O) groups excluding carboxylic acids is 2. The number of nitrogens with zero attached hydrogens (tertiary/aromatic N) is 1. The summed E-state index contributed by atoms with van der Waals surface area (Å²) in [7, 11) is 0. The highest BCUT2D eigenvalue weighted by Crippen LogP contribution is 2.62. The highest BCUT2D eigenvalue weighted by Gasteiger charge is 2.55. The Morgan fingerprint density at radius 1 is 0.978 bits per heavy atom. The average molecular weight is 639 g/mol. The van der Waals surface area contributed by atoms with Crippen LogP contribution in [0.3, 0.4) is 0 Å². The number of hydrogen-bond acceptors (Lipinski definition) is 7. The van der Waals surface area contributed by atoms with Gasteiger partial charge < -0.3 is 20.3 Å². The Hall–Kier alpha value is -3.76. The molecule has 11 nitrogen and oxygen atoms in total. The molecule has 0 heterocycles. The Morgan fingerprint density at radius 3 is 2.33 bits per heavy atom.